The fraction of sp³-hybridized carbons (Fsp3) is 0. The molecule has 0 aliphatic carbocycles. The van der Waals surface area contributed by atoms with Crippen molar-refractivity contribution < 1.29 is 19.1 Å². The van der Waals surface area contributed by atoms with Crippen LogP contribution in [0.4, 0.5) is 15.8 Å². The molecule has 0 heterocycles. The first-order chi connectivity index (χ1) is 9.86. The number of carboxylic acids is 1. The topological polar surface area (TPSA) is 92.4 Å². The summed E-state index contributed by atoms with van der Waals surface area (Å²) in [5.41, 5.74) is 5.79. The second-order valence-electron chi connectivity index (χ2n) is 4.22. The van der Waals surface area contributed by atoms with Gasteiger partial charge in [-0.15, -0.1) is 0 Å². The van der Waals surface area contributed by atoms with Gasteiger partial charge in [-0.2, -0.15) is 0 Å². The molecule has 2 rings (SSSR count). The third kappa shape index (κ3) is 3.57. The smallest absolute Gasteiger partial charge is 0.337 e. The van der Waals surface area contributed by atoms with Crippen molar-refractivity contribution in [3.8, 4) is 0 Å². The maximum Gasteiger partial charge on any atom is 0.337 e. The van der Waals surface area contributed by atoms with Crippen molar-refractivity contribution in [1.29, 1.82) is 0 Å². The van der Waals surface area contributed by atoms with Crippen LogP contribution in [0.15, 0.2) is 40.9 Å². The summed E-state index contributed by atoms with van der Waals surface area (Å²) in [6.07, 6.45) is 0. The average molecular weight is 353 g/mol. The minimum absolute atomic E-state index is 0.0649. The van der Waals surface area contributed by atoms with Crippen LogP contribution in [0.5, 0.6) is 0 Å². The highest BCUT2D eigenvalue weighted by molar-refractivity contribution is 9.10. The fourth-order valence-electron chi connectivity index (χ4n) is 1.73. The van der Waals surface area contributed by atoms with Crippen LogP contribution in [0.3, 0.4) is 0 Å². The second kappa shape index (κ2) is 5.92. The van der Waals surface area contributed by atoms with E-state index in [-0.39, 0.29) is 22.5 Å². The molecule has 2 aromatic rings. The average Bonchev–Trinajstić information content (AvgIpc) is 2.39. The van der Waals surface area contributed by atoms with Crippen molar-refractivity contribution in [2.45, 2.75) is 0 Å². The van der Waals surface area contributed by atoms with E-state index < -0.39 is 17.7 Å². The van der Waals surface area contributed by atoms with Crippen molar-refractivity contribution in [1.82, 2.24) is 0 Å². The van der Waals surface area contributed by atoms with Crippen LogP contribution in [0.1, 0.15) is 20.7 Å². The van der Waals surface area contributed by atoms with Crippen molar-refractivity contribution in [2.75, 3.05) is 11.1 Å². The Hall–Kier alpha value is -2.41. The lowest BCUT2D eigenvalue weighted by Crippen LogP contribution is -2.15. The normalized spacial score (nSPS) is 10.2. The molecule has 1 amide bonds. The second-order valence-corrected chi connectivity index (χ2v) is 5.14. The first kappa shape index (κ1) is 15.0. The van der Waals surface area contributed by atoms with Crippen LogP contribution >= 0.6 is 15.9 Å². The number of anilines is 2. The molecule has 0 unspecified atom stereocenters. The minimum atomic E-state index is -1.22. The van der Waals surface area contributed by atoms with Crippen LogP contribution in [0, 0.1) is 5.82 Å². The molecule has 0 atom stereocenters. The molecule has 0 aliphatic rings. The fourth-order valence-corrected chi connectivity index (χ4v) is 2.19. The third-order valence-electron chi connectivity index (χ3n) is 2.65. The van der Waals surface area contributed by atoms with E-state index in [1.807, 2.05) is 0 Å². The van der Waals surface area contributed by atoms with Gasteiger partial charge < -0.3 is 16.2 Å². The monoisotopic (exact) mass is 352 g/mol. The summed E-state index contributed by atoms with van der Waals surface area (Å²) in [7, 11) is 0. The van der Waals surface area contributed by atoms with Crippen LogP contribution in [0.2, 0.25) is 0 Å². The summed E-state index contributed by atoms with van der Waals surface area (Å²) in [4.78, 5) is 23.2. The van der Waals surface area contributed by atoms with Gasteiger partial charge in [0.25, 0.3) is 5.91 Å². The predicted molar refractivity (Wildman–Crippen MR) is 79.9 cm³/mol. The Kier molecular flexibility index (Phi) is 4.23. The number of nitrogen functional groups attached to an aromatic ring is 1. The molecule has 0 spiro atoms. The van der Waals surface area contributed by atoms with Gasteiger partial charge in [-0.1, -0.05) is 15.9 Å². The number of amides is 1. The molecule has 5 nitrogen and oxygen atoms in total. The van der Waals surface area contributed by atoms with Crippen molar-refractivity contribution >= 4 is 39.2 Å². The Balaban J connectivity index is 2.33. The Bertz CT molecular complexity index is 714. The summed E-state index contributed by atoms with van der Waals surface area (Å²) < 4.78 is 13.7. The van der Waals surface area contributed by atoms with Gasteiger partial charge in [0.2, 0.25) is 0 Å². The van der Waals surface area contributed by atoms with E-state index in [9.17, 15) is 14.0 Å². The quantitative estimate of drug-likeness (QED) is 0.740. The maximum absolute atomic E-state index is 13.3. The SMILES string of the molecule is Nc1ccc(NC(=O)c2cc(F)cc(Br)c2)c(C(=O)O)c1. The van der Waals surface area contributed by atoms with E-state index >= 15 is 0 Å². The molecule has 0 radical (unpaired) electrons. The highest BCUT2D eigenvalue weighted by atomic mass is 79.9. The Morgan fingerprint density at radius 1 is 1.19 bits per heavy atom. The standard InChI is InChI=1S/C14H10BrFN2O3/c15-8-3-7(4-9(16)5-8)13(19)18-12-2-1-10(17)6-11(12)14(20)21/h1-6H,17H2,(H,18,19)(H,20,21). The highest BCUT2D eigenvalue weighted by Crippen LogP contribution is 2.21. The number of hydrogen-bond acceptors (Lipinski definition) is 3. The molecule has 0 saturated heterocycles. The van der Waals surface area contributed by atoms with Crippen LogP contribution in [0.25, 0.3) is 0 Å². The van der Waals surface area contributed by atoms with Crippen LogP contribution in [-0.2, 0) is 0 Å². The molecule has 2 aromatic carbocycles. The largest absolute Gasteiger partial charge is 0.478 e. The maximum atomic E-state index is 13.3. The van der Waals surface area contributed by atoms with Gasteiger partial charge in [-0.3, -0.25) is 4.79 Å². The van der Waals surface area contributed by atoms with Gasteiger partial charge in [-0.25, -0.2) is 9.18 Å². The Labute approximate surface area is 127 Å². The van der Waals surface area contributed by atoms with E-state index in [0.717, 1.165) is 6.07 Å². The van der Waals surface area contributed by atoms with Gasteiger partial charge in [0, 0.05) is 15.7 Å². The highest BCUT2D eigenvalue weighted by Gasteiger charge is 2.15. The Morgan fingerprint density at radius 2 is 1.90 bits per heavy atom. The zero-order chi connectivity index (χ0) is 15.6. The van der Waals surface area contributed by atoms with Crippen molar-refractivity contribution in [3.63, 3.8) is 0 Å². The molecular formula is C14H10BrFN2O3. The number of rotatable bonds is 3. The summed E-state index contributed by atoms with van der Waals surface area (Å²) in [5.74, 6) is -2.43. The van der Waals surface area contributed by atoms with Gasteiger partial charge in [0.1, 0.15) is 5.82 Å². The number of carbonyl (C=O) groups excluding carboxylic acids is 1. The summed E-state index contributed by atoms with van der Waals surface area (Å²) in [6, 6.07) is 7.77. The van der Waals surface area contributed by atoms with E-state index in [1.165, 1.54) is 30.3 Å². The molecule has 108 valence electrons. The van der Waals surface area contributed by atoms with E-state index in [4.69, 9.17) is 10.8 Å². The number of halogens is 2. The van der Waals surface area contributed by atoms with Crippen molar-refractivity contribution in [3.05, 3.63) is 57.8 Å². The molecule has 0 aliphatic heterocycles. The molecule has 4 N–H and O–H groups in total. The number of aromatic carboxylic acids is 1. The van der Waals surface area contributed by atoms with E-state index in [2.05, 4.69) is 21.2 Å². The lowest BCUT2D eigenvalue weighted by molar-refractivity contribution is 0.0698. The van der Waals surface area contributed by atoms with E-state index in [0.29, 0.717) is 4.47 Å². The number of hydrogen-bond donors (Lipinski definition) is 3. The summed E-state index contributed by atoms with van der Waals surface area (Å²) >= 11 is 3.08. The van der Waals surface area contributed by atoms with Gasteiger partial charge in [0.15, 0.2) is 0 Å². The number of carbonyl (C=O) groups is 2. The number of benzene rings is 2. The molecule has 0 bridgehead atoms. The molecule has 0 aromatic heterocycles. The molecule has 21 heavy (non-hydrogen) atoms. The Morgan fingerprint density at radius 3 is 2.52 bits per heavy atom. The summed E-state index contributed by atoms with van der Waals surface area (Å²) in [6.45, 7) is 0. The predicted octanol–water partition coefficient (Wildman–Crippen LogP) is 3.12. The number of nitrogens with two attached hydrogens (primary N) is 1. The zero-order valence-corrected chi connectivity index (χ0v) is 12.1. The third-order valence-corrected chi connectivity index (χ3v) is 3.10. The molecule has 0 fully saturated rings. The minimum Gasteiger partial charge on any atom is -0.478 e. The zero-order valence-electron chi connectivity index (χ0n) is 10.6. The van der Waals surface area contributed by atoms with Crippen LogP contribution < -0.4 is 11.1 Å². The number of nitrogens with one attached hydrogen (secondary N) is 1. The van der Waals surface area contributed by atoms with Crippen molar-refractivity contribution in [2.24, 2.45) is 0 Å². The molecule has 0 saturated carbocycles. The summed E-state index contributed by atoms with van der Waals surface area (Å²) in [5, 5.41) is 11.5. The lowest BCUT2D eigenvalue weighted by atomic mass is 10.1. The van der Waals surface area contributed by atoms with Crippen LogP contribution in [-0.4, -0.2) is 17.0 Å². The van der Waals surface area contributed by atoms with E-state index in [1.54, 1.807) is 0 Å². The first-order valence-corrected chi connectivity index (χ1v) is 6.56. The molecular weight excluding hydrogens is 343 g/mol. The lowest BCUT2D eigenvalue weighted by Gasteiger charge is -2.09. The van der Waals surface area contributed by atoms with Gasteiger partial charge in [-0.05, 0) is 36.4 Å². The number of carboxylic acid groups (broad SMARTS) is 1. The van der Waals surface area contributed by atoms with Gasteiger partial charge >= 0.3 is 5.97 Å². The first-order valence-electron chi connectivity index (χ1n) is 5.77. The molecule has 7 heteroatoms. The van der Waals surface area contributed by atoms with Gasteiger partial charge in [0.05, 0.1) is 11.3 Å².